The first kappa shape index (κ1) is 18.8. The van der Waals surface area contributed by atoms with Gasteiger partial charge < -0.3 is 14.9 Å². The second-order valence-corrected chi connectivity index (χ2v) is 6.08. The van der Waals surface area contributed by atoms with Gasteiger partial charge in [0.1, 0.15) is 17.2 Å². The number of anilines is 1. The molecule has 1 unspecified atom stereocenters. The lowest BCUT2D eigenvalue weighted by Gasteiger charge is -2.11. The molecule has 1 aliphatic heterocycles. The first-order valence-corrected chi connectivity index (χ1v) is 8.47. The lowest BCUT2D eigenvalue weighted by Crippen LogP contribution is -2.29. The topological polar surface area (TPSA) is 94.8 Å². The Morgan fingerprint density at radius 3 is 2.96 bits per heavy atom. The Morgan fingerprint density at radius 2 is 2.26 bits per heavy atom. The molecule has 1 N–H and O–H groups in total. The number of carbonyl (C=O) groups excluding carboxylic acids is 2. The highest BCUT2D eigenvalue weighted by atomic mass is 35.5. The summed E-state index contributed by atoms with van der Waals surface area (Å²) in [5.74, 6) is -1.56. The number of hydrogen-bond acceptors (Lipinski definition) is 6. The standard InChI is InChI=1S/C17H16ClFN4O4/c1-3-26-17(25)9-8-20-23(2)15(9)21-16(24)13-7-12(22-27-13)14-10(18)5-4-6-11(14)19/h4-6,8,13H,3,7H2,1-2H3,(H,21,24). The summed E-state index contributed by atoms with van der Waals surface area (Å²) < 4.78 is 20.3. The first-order chi connectivity index (χ1) is 12.9. The third-order valence-electron chi connectivity index (χ3n) is 3.89. The second kappa shape index (κ2) is 7.75. The molecule has 0 saturated heterocycles. The molecule has 27 heavy (non-hydrogen) atoms. The molecule has 1 atom stereocenters. The molecular formula is C17H16ClFN4O4. The van der Waals surface area contributed by atoms with Crippen LogP contribution in [-0.2, 0) is 21.4 Å². The van der Waals surface area contributed by atoms with Crippen molar-refractivity contribution in [3.8, 4) is 0 Å². The van der Waals surface area contributed by atoms with Crippen molar-refractivity contribution in [2.75, 3.05) is 11.9 Å². The van der Waals surface area contributed by atoms with E-state index in [1.165, 1.54) is 29.1 Å². The Balaban J connectivity index is 1.73. The molecule has 0 saturated carbocycles. The van der Waals surface area contributed by atoms with Crippen LogP contribution in [0.2, 0.25) is 5.02 Å². The third kappa shape index (κ3) is 3.77. The van der Waals surface area contributed by atoms with E-state index in [0.29, 0.717) is 0 Å². The minimum Gasteiger partial charge on any atom is -0.462 e. The van der Waals surface area contributed by atoms with Gasteiger partial charge in [0.15, 0.2) is 0 Å². The van der Waals surface area contributed by atoms with Gasteiger partial charge in [0.25, 0.3) is 5.91 Å². The molecule has 3 rings (SSSR count). The summed E-state index contributed by atoms with van der Waals surface area (Å²) in [5, 5.41) is 10.5. The molecule has 0 radical (unpaired) electrons. The van der Waals surface area contributed by atoms with Crippen LogP contribution < -0.4 is 5.32 Å². The summed E-state index contributed by atoms with van der Waals surface area (Å²) in [7, 11) is 1.56. The van der Waals surface area contributed by atoms with Crippen LogP contribution in [-0.4, -0.2) is 40.1 Å². The van der Waals surface area contributed by atoms with Gasteiger partial charge in [-0.2, -0.15) is 5.10 Å². The molecule has 10 heteroatoms. The number of amides is 1. The van der Waals surface area contributed by atoms with Gasteiger partial charge >= 0.3 is 5.97 Å². The van der Waals surface area contributed by atoms with Gasteiger partial charge in [-0.05, 0) is 19.1 Å². The molecule has 1 aliphatic rings. The zero-order valence-electron chi connectivity index (χ0n) is 14.5. The maximum Gasteiger partial charge on any atom is 0.343 e. The van der Waals surface area contributed by atoms with Crippen molar-refractivity contribution in [1.82, 2.24) is 9.78 Å². The van der Waals surface area contributed by atoms with Crippen molar-refractivity contribution < 1.29 is 23.6 Å². The number of aryl methyl sites for hydroxylation is 1. The Bertz CT molecular complexity index is 907. The third-order valence-corrected chi connectivity index (χ3v) is 4.20. The summed E-state index contributed by atoms with van der Waals surface area (Å²) in [5.41, 5.74) is 0.445. The number of ether oxygens (including phenoxy) is 1. The van der Waals surface area contributed by atoms with Crippen LogP contribution in [0.25, 0.3) is 0 Å². The first-order valence-electron chi connectivity index (χ1n) is 8.09. The zero-order chi connectivity index (χ0) is 19.6. The average molecular weight is 395 g/mol. The van der Waals surface area contributed by atoms with E-state index in [9.17, 15) is 14.0 Å². The number of hydrogen-bond donors (Lipinski definition) is 1. The van der Waals surface area contributed by atoms with E-state index in [4.69, 9.17) is 21.2 Å². The monoisotopic (exact) mass is 394 g/mol. The molecule has 142 valence electrons. The number of carbonyl (C=O) groups is 2. The lowest BCUT2D eigenvalue weighted by atomic mass is 10.0. The highest BCUT2D eigenvalue weighted by molar-refractivity contribution is 6.34. The van der Waals surface area contributed by atoms with Crippen molar-refractivity contribution in [3.05, 3.63) is 46.4 Å². The van der Waals surface area contributed by atoms with Gasteiger partial charge in [0.05, 0.1) is 29.1 Å². The van der Waals surface area contributed by atoms with Gasteiger partial charge in [-0.1, -0.05) is 22.8 Å². The van der Waals surface area contributed by atoms with E-state index in [2.05, 4.69) is 15.6 Å². The normalized spacial score (nSPS) is 15.9. The molecule has 1 aromatic heterocycles. The fourth-order valence-corrected chi connectivity index (χ4v) is 2.85. The van der Waals surface area contributed by atoms with Gasteiger partial charge in [-0.25, -0.2) is 9.18 Å². The Morgan fingerprint density at radius 1 is 1.48 bits per heavy atom. The van der Waals surface area contributed by atoms with E-state index >= 15 is 0 Å². The van der Waals surface area contributed by atoms with Crippen molar-refractivity contribution >= 4 is 35.0 Å². The number of aromatic nitrogens is 2. The van der Waals surface area contributed by atoms with Crippen LogP contribution in [0.5, 0.6) is 0 Å². The summed E-state index contributed by atoms with van der Waals surface area (Å²) >= 11 is 6.02. The number of rotatable bonds is 5. The minimum absolute atomic E-state index is 0.0269. The van der Waals surface area contributed by atoms with E-state index in [1.807, 2.05) is 0 Å². The van der Waals surface area contributed by atoms with Gasteiger partial charge in [0, 0.05) is 13.5 Å². The number of esters is 1. The van der Waals surface area contributed by atoms with Crippen LogP contribution in [0.4, 0.5) is 10.2 Å². The number of benzene rings is 1. The van der Waals surface area contributed by atoms with E-state index < -0.39 is 23.8 Å². The molecule has 2 heterocycles. The molecule has 0 bridgehead atoms. The predicted molar refractivity (Wildman–Crippen MR) is 95.2 cm³/mol. The Labute approximate surface area is 158 Å². The molecular weight excluding hydrogens is 379 g/mol. The lowest BCUT2D eigenvalue weighted by molar-refractivity contribution is -0.125. The molecule has 0 fully saturated rings. The van der Waals surface area contributed by atoms with Crippen LogP contribution in [0.3, 0.4) is 0 Å². The summed E-state index contributed by atoms with van der Waals surface area (Å²) in [4.78, 5) is 29.6. The van der Waals surface area contributed by atoms with Gasteiger partial charge in [-0.15, -0.1) is 0 Å². The van der Waals surface area contributed by atoms with Crippen molar-refractivity contribution in [1.29, 1.82) is 0 Å². The SMILES string of the molecule is CCOC(=O)c1cnn(C)c1NC(=O)C1CC(c2c(F)cccc2Cl)=NO1. The highest BCUT2D eigenvalue weighted by Crippen LogP contribution is 2.26. The molecule has 0 aliphatic carbocycles. The van der Waals surface area contributed by atoms with E-state index in [0.717, 1.165) is 0 Å². The number of oxime groups is 1. The quantitative estimate of drug-likeness (QED) is 0.786. The van der Waals surface area contributed by atoms with E-state index in [-0.39, 0.29) is 40.7 Å². The van der Waals surface area contributed by atoms with Crippen LogP contribution in [0.1, 0.15) is 29.3 Å². The number of nitrogens with one attached hydrogen (secondary N) is 1. The number of nitrogens with zero attached hydrogens (tertiary/aromatic N) is 3. The highest BCUT2D eigenvalue weighted by Gasteiger charge is 2.32. The summed E-state index contributed by atoms with van der Waals surface area (Å²) in [6.07, 6.45) is 0.323. The van der Waals surface area contributed by atoms with Crippen molar-refractivity contribution in [2.24, 2.45) is 12.2 Å². The van der Waals surface area contributed by atoms with Crippen LogP contribution in [0.15, 0.2) is 29.6 Å². The van der Waals surface area contributed by atoms with Crippen molar-refractivity contribution in [3.63, 3.8) is 0 Å². The fraction of sp³-hybridized carbons (Fsp3) is 0.294. The maximum atomic E-state index is 14.0. The molecule has 1 aromatic carbocycles. The zero-order valence-corrected chi connectivity index (χ0v) is 15.3. The maximum absolute atomic E-state index is 14.0. The molecule has 2 aromatic rings. The van der Waals surface area contributed by atoms with Crippen LogP contribution >= 0.6 is 11.6 Å². The average Bonchev–Trinajstić information content (AvgIpc) is 3.23. The summed E-state index contributed by atoms with van der Waals surface area (Å²) in [6.45, 7) is 1.86. The number of halogens is 2. The summed E-state index contributed by atoms with van der Waals surface area (Å²) in [6, 6.07) is 4.25. The fourth-order valence-electron chi connectivity index (χ4n) is 2.58. The minimum atomic E-state index is -0.999. The van der Waals surface area contributed by atoms with Crippen LogP contribution in [0, 0.1) is 5.82 Å². The molecule has 8 nitrogen and oxygen atoms in total. The molecule has 0 spiro atoms. The van der Waals surface area contributed by atoms with E-state index in [1.54, 1.807) is 14.0 Å². The Kier molecular flexibility index (Phi) is 5.41. The van der Waals surface area contributed by atoms with Gasteiger partial charge in [-0.3, -0.25) is 9.48 Å². The smallest absolute Gasteiger partial charge is 0.343 e. The predicted octanol–water partition coefficient (Wildman–Crippen LogP) is 2.52. The second-order valence-electron chi connectivity index (χ2n) is 5.67. The van der Waals surface area contributed by atoms with Gasteiger partial charge in [0.2, 0.25) is 6.10 Å². The van der Waals surface area contributed by atoms with Crippen molar-refractivity contribution in [2.45, 2.75) is 19.4 Å². The molecule has 1 amide bonds. The largest absolute Gasteiger partial charge is 0.462 e. The Hall–Kier alpha value is -2.94.